The van der Waals surface area contributed by atoms with E-state index in [9.17, 15) is 0 Å². The van der Waals surface area contributed by atoms with Crippen LogP contribution in [-0.2, 0) is 0 Å². The van der Waals surface area contributed by atoms with Gasteiger partial charge in [0.05, 0.1) is 33.8 Å². The Kier molecular flexibility index (Phi) is 9.20. The highest BCUT2D eigenvalue weighted by molar-refractivity contribution is 6.10. The highest BCUT2D eigenvalue weighted by atomic mass is 15.1. The first-order valence-corrected chi connectivity index (χ1v) is 22.0. The Morgan fingerprint density at radius 1 is 0.250 bits per heavy atom. The zero-order valence-corrected chi connectivity index (χ0v) is 35.1. The summed E-state index contributed by atoms with van der Waals surface area (Å²) in [5, 5.41) is 7.38. The average molecular weight is 815 g/mol. The lowest BCUT2D eigenvalue weighted by molar-refractivity contribution is 1.18. The van der Waals surface area contributed by atoms with Crippen LogP contribution in [-0.4, -0.2) is 4.57 Å². The first-order chi connectivity index (χ1) is 31.8. The topological polar surface area (TPSA) is 8.17 Å². The Bertz CT molecular complexity index is 3610. The first-order valence-electron chi connectivity index (χ1n) is 22.0. The summed E-state index contributed by atoms with van der Waals surface area (Å²) in [6.07, 6.45) is 0. The molecule has 1 aromatic heterocycles. The molecule has 300 valence electrons. The molecule has 0 amide bonds. The van der Waals surface area contributed by atoms with Crippen LogP contribution in [0.3, 0.4) is 0 Å². The van der Waals surface area contributed by atoms with E-state index in [0.717, 1.165) is 50.6 Å². The molecule has 0 unspecified atom stereocenters. The summed E-state index contributed by atoms with van der Waals surface area (Å²) in [6, 6.07) is 92.9. The number of rotatable bonds is 8. The standard InChI is InChI=1S/C62H42N2/c1-2-18-46(19-3-1)56-42-50(53-25-9-13-29-58(53)64-60-30-14-10-26-54(60)55-27-11-15-31-61(55)64)39-40-62(56)63(59-32-16-22-45-20-6-7-23-51(45)59)57-28-12-8-24-52(57)47-36-33-44(34-37-47)49-38-35-43-17-4-5-21-48(43)41-49/h1-42H. The molecule has 12 aromatic rings. The molecule has 0 saturated heterocycles. The molecule has 0 fully saturated rings. The van der Waals surface area contributed by atoms with Crippen molar-refractivity contribution in [2.75, 3.05) is 4.90 Å². The predicted octanol–water partition coefficient (Wildman–Crippen LogP) is 17.2. The van der Waals surface area contributed by atoms with Crippen LogP contribution in [0.2, 0.25) is 0 Å². The van der Waals surface area contributed by atoms with Crippen molar-refractivity contribution < 1.29 is 0 Å². The molecule has 0 saturated carbocycles. The molecule has 2 heteroatoms. The summed E-state index contributed by atoms with van der Waals surface area (Å²) < 4.78 is 2.43. The van der Waals surface area contributed by atoms with Gasteiger partial charge in [-0.05, 0) is 92.5 Å². The minimum Gasteiger partial charge on any atom is -0.309 e. The van der Waals surface area contributed by atoms with Crippen molar-refractivity contribution in [2.45, 2.75) is 0 Å². The molecule has 0 bridgehead atoms. The average Bonchev–Trinajstić information content (AvgIpc) is 3.71. The normalized spacial score (nSPS) is 11.4. The van der Waals surface area contributed by atoms with Crippen molar-refractivity contribution in [3.05, 3.63) is 255 Å². The third-order valence-electron chi connectivity index (χ3n) is 12.8. The number of hydrogen-bond acceptors (Lipinski definition) is 1. The van der Waals surface area contributed by atoms with Gasteiger partial charge in [-0.25, -0.2) is 0 Å². The van der Waals surface area contributed by atoms with E-state index in [2.05, 4.69) is 264 Å². The van der Waals surface area contributed by atoms with Crippen molar-refractivity contribution in [3.8, 4) is 50.2 Å². The summed E-state index contributed by atoms with van der Waals surface area (Å²) in [7, 11) is 0. The van der Waals surface area contributed by atoms with Crippen LogP contribution >= 0.6 is 0 Å². The van der Waals surface area contributed by atoms with Crippen molar-refractivity contribution in [2.24, 2.45) is 0 Å². The van der Waals surface area contributed by atoms with Crippen LogP contribution < -0.4 is 4.90 Å². The Morgan fingerprint density at radius 2 is 0.766 bits per heavy atom. The largest absolute Gasteiger partial charge is 0.309 e. The van der Waals surface area contributed by atoms with Gasteiger partial charge in [-0.1, -0.05) is 206 Å². The Hall–Kier alpha value is -8.46. The van der Waals surface area contributed by atoms with E-state index in [1.807, 2.05) is 0 Å². The summed E-state index contributed by atoms with van der Waals surface area (Å²) in [6.45, 7) is 0. The molecule has 0 radical (unpaired) electrons. The van der Waals surface area contributed by atoms with Gasteiger partial charge in [0.25, 0.3) is 0 Å². The van der Waals surface area contributed by atoms with Crippen LogP contribution in [0, 0.1) is 0 Å². The number of fused-ring (bicyclic) bond motifs is 5. The summed E-state index contributed by atoms with van der Waals surface area (Å²) in [4.78, 5) is 2.49. The lowest BCUT2D eigenvalue weighted by atomic mass is 9.93. The summed E-state index contributed by atoms with van der Waals surface area (Å²) >= 11 is 0. The molecule has 0 atom stereocenters. The molecule has 11 aromatic carbocycles. The van der Waals surface area contributed by atoms with Crippen LogP contribution in [0.1, 0.15) is 0 Å². The second-order valence-corrected chi connectivity index (χ2v) is 16.5. The molecule has 1 heterocycles. The zero-order chi connectivity index (χ0) is 42.4. The van der Waals surface area contributed by atoms with Crippen LogP contribution in [0.4, 0.5) is 17.1 Å². The van der Waals surface area contributed by atoms with Gasteiger partial charge in [0.1, 0.15) is 0 Å². The molecular formula is C62H42N2. The van der Waals surface area contributed by atoms with Gasteiger partial charge in [0.2, 0.25) is 0 Å². The zero-order valence-electron chi connectivity index (χ0n) is 35.1. The summed E-state index contributed by atoms with van der Waals surface area (Å²) in [5.41, 5.74) is 16.2. The summed E-state index contributed by atoms with van der Waals surface area (Å²) in [5.74, 6) is 0. The third kappa shape index (κ3) is 6.44. The second-order valence-electron chi connectivity index (χ2n) is 16.5. The van der Waals surface area contributed by atoms with E-state index < -0.39 is 0 Å². The lowest BCUT2D eigenvalue weighted by Gasteiger charge is -2.31. The van der Waals surface area contributed by atoms with Gasteiger partial charge >= 0.3 is 0 Å². The SMILES string of the molecule is c1ccc(-c2cc(-c3ccccc3-n3c4ccccc4c4ccccc43)ccc2N(c2ccccc2-c2ccc(-c3ccc4ccccc4c3)cc2)c2cccc3ccccc23)cc1. The number of aromatic nitrogens is 1. The predicted molar refractivity (Wildman–Crippen MR) is 272 cm³/mol. The molecule has 0 N–H and O–H groups in total. The molecule has 0 aliphatic rings. The van der Waals surface area contributed by atoms with E-state index in [-0.39, 0.29) is 0 Å². The van der Waals surface area contributed by atoms with Gasteiger partial charge in [-0.3, -0.25) is 0 Å². The van der Waals surface area contributed by atoms with Crippen LogP contribution in [0.15, 0.2) is 255 Å². The monoisotopic (exact) mass is 814 g/mol. The van der Waals surface area contributed by atoms with Crippen molar-refractivity contribution in [1.29, 1.82) is 0 Å². The number of para-hydroxylation sites is 4. The van der Waals surface area contributed by atoms with Gasteiger partial charge in [-0.2, -0.15) is 0 Å². The van der Waals surface area contributed by atoms with E-state index >= 15 is 0 Å². The molecule has 2 nitrogen and oxygen atoms in total. The van der Waals surface area contributed by atoms with E-state index in [4.69, 9.17) is 0 Å². The van der Waals surface area contributed by atoms with Gasteiger partial charge in [0, 0.05) is 32.8 Å². The molecule has 64 heavy (non-hydrogen) atoms. The van der Waals surface area contributed by atoms with Crippen molar-refractivity contribution in [1.82, 2.24) is 4.57 Å². The van der Waals surface area contributed by atoms with Gasteiger partial charge in [0.15, 0.2) is 0 Å². The van der Waals surface area contributed by atoms with Crippen molar-refractivity contribution >= 4 is 60.4 Å². The fourth-order valence-electron chi connectivity index (χ4n) is 9.76. The van der Waals surface area contributed by atoms with Crippen molar-refractivity contribution in [3.63, 3.8) is 0 Å². The smallest absolute Gasteiger partial charge is 0.0541 e. The molecule has 0 aliphatic heterocycles. The number of anilines is 3. The molecular weight excluding hydrogens is 773 g/mol. The lowest BCUT2D eigenvalue weighted by Crippen LogP contribution is -2.13. The maximum atomic E-state index is 2.49. The van der Waals surface area contributed by atoms with Crippen LogP contribution in [0.25, 0.3) is 93.5 Å². The molecule has 0 aliphatic carbocycles. The van der Waals surface area contributed by atoms with Gasteiger partial charge in [-0.15, -0.1) is 0 Å². The fraction of sp³-hybridized carbons (Fsp3) is 0. The van der Waals surface area contributed by atoms with E-state index in [0.29, 0.717) is 0 Å². The second kappa shape index (κ2) is 15.8. The van der Waals surface area contributed by atoms with E-state index in [1.54, 1.807) is 0 Å². The maximum Gasteiger partial charge on any atom is 0.0541 e. The van der Waals surface area contributed by atoms with E-state index in [1.165, 1.54) is 60.0 Å². The minimum atomic E-state index is 1.10. The Labute approximate surface area is 373 Å². The van der Waals surface area contributed by atoms with Crippen LogP contribution in [0.5, 0.6) is 0 Å². The number of hydrogen-bond donors (Lipinski definition) is 0. The molecule has 0 spiro atoms. The third-order valence-corrected chi connectivity index (χ3v) is 12.8. The fourth-order valence-corrected chi connectivity index (χ4v) is 9.76. The highest BCUT2D eigenvalue weighted by Gasteiger charge is 2.24. The quantitative estimate of drug-likeness (QED) is 0.148. The Morgan fingerprint density at radius 3 is 1.55 bits per heavy atom. The minimum absolute atomic E-state index is 1.10. The maximum absolute atomic E-state index is 2.49. The molecule has 12 rings (SSSR count). The Balaban J connectivity index is 1.06. The first kappa shape index (κ1) is 37.3. The van der Waals surface area contributed by atoms with Gasteiger partial charge < -0.3 is 9.47 Å². The number of benzene rings is 11. The highest BCUT2D eigenvalue weighted by Crippen LogP contribution is 2.48. The number of nitrogens with zero attached hydrogens (tertiary/aromatic N) is 2.